The first-order valence-corrected chi connectivity index (χ1v) is 6.75. The molecule has 2 rings (SSSR count). The van der Waals surface area contributed by atoms with E-state index in [2.05, 4.69) is 46.8 Å². The molecule has 1 aliphatic heterocycles. The zero-order valence-electron chi connectivity index (χ0n) is 12.1. The van der Waals surface area contributed by atoms with Crippen molar-refractivity contribution in [2.75, 3.05) is 0 Å². The summed E-state index contributed by atoms with van der Waals surface area (Å²) in [6.07, 6.45) is 1.00. The molecule has 2 nitrogen and oxygen atoms in total. The maximum atomic E-state index is 6.24. The van der Waals surface area contributed by atoms with E-state index in [1.807, 2.05) is 18.2 Å². The van der Waals surface area contributed by atoms with Crippen LogP contribution in [0, 0.1) is 5.92 Å². The third-order valence-corrected chi connectivity index (χ3v) is 3.91. The first-order chi connectivity index (χ1) is 8.34. The fraction of sp³-hybridized carbons (Fsp3) is 0.600. The van der Waals surface area contributed by atoms with Gasteiger partial charge < -0.3 is 9.31 Å². The van der Waals surface area contributed by atoms with E-state index < -0.39 is 0 Å². The van der Waals surface area contributed by atoms with E-state index in [1.165, 1.54) is 0 Å². The Morgan fingerprint density at radius 2 is 1.67 bits per heavy atom. The third-order valence-electron chi connectivity index (χ3n) is 3.91. The third kappa shape index (κ3) is 2.48. The molecule has 1 fully saturated rings. The van der Waals surface area contributed by atoms with Gasteiger partial charge in [-0.05, 0) is 38.6 Å². The first-order valence-electron chi connectivity index (χ1n) is 6.75. The van der Waals surface area contributed by atoms with Gasteiger partial charge in [0.15, 0.2) is 0 Å². The molecule has 1 aliphatic rings. The topological polar surface area (TPSA) is 18.5 Å². The molecule has 1 unspecified atom stereocenters. The van der Waals surface area contributed by atoms with Crippen molar-refractivity contribution in [3.05, 3.63) is 30.3 Å². The molecule has 0 bridgehead atoms. The summed E-state index contributed by atoms with van der Waals surface area (Å²) in [7, 11) is -0.245. The summed E-state index contributed by atoms with van der Waals surface area (Å²) in [6, 6.07) is 10.2. The lowest BCUT2D eigenvalue weighted by Crippen LogP contribution is -2.45. The number of rotatable bonds is 3. The maximum Gasteiger partial charge on any atom is 0.494 e. The van der Waals surface area contributed by atoms with Gasteiger partial charge in [-0.3, -0.25) is 0 Å². The summed E-state index contributed by atoms with van der Waals surface area (Å²) in [5.41, 5.74) is 0.595. The van der Waals surface area contributed by atoms with Gasteiger partial charge in [0.05, 0.1) is 11.2 Å². The lowest BCUT2D eigenvalue weighted by molar-refractivity contribution is -0.0239. The van der Waals surface area contributed by atoms with Gasteiger partial charge in [-0.2, -0.15) is 0 Å². The zero-order valence-corrected chi connectivity index (χ0v) is 12.1. The molecular weight excluding hydrogens is 223 g/mol. The molecular formula is C15H23BO2. The van der Waals surface area contributed by atoms with Crippen LogP contribution in [0.4, 0.5) is 0 Å². The minimum absolute atomic E-state index is 0.234. The molecule has 18 heavy (non-hydrogen) atoms. The molecule has 1 saturated heterocycles. The van der Waals surface area contributed by atoms with E-state index in [1.54, 1.807) is 0 Å². The summed E-state index contributed by atoms with van der Waals surface area (Å²) < 4.78 is 12.4. The lowest BCUT2D eigenvalue weighted by atomic mass is 9.79. The predicted octanol–water partition coefficient (Wildman–Crippen LogP) is 3.01. The van der Waals surface area contributed by atoms with Crippen molar-refractivity contribution < 1.29 is 9.31 Å². The molecule has 0 aromatic heterocycles. The maximum absolute atomic E-state index is 6.24. The van der Waals surface area contributed by atoms with Gasteiger partial charge >= 0.3 is 7.12 Å². The van der Waals surface area contributed by atoms with Crippen molar-refractivity contribution in [2.45, 2.75) is 52.2 Å². The van der Waals surface area contributed by atoms with E-state index in [4.69, 9.17) is 9.31 Å². The molecule has 0 aliphatic carbocycles. The van der Waals surface area contributed by atoms with Gasteiger partial charge in [-0.25, -0.2) is 0 Å². The van der Waals surface area contributed by atoms with Crippen LogP contribution < -0.4 is 5.46 Å². The van der Waals surface area contributed by atoms with Crippen LogP contribution in [0.5, 0.6) is 0 Å². The standard InChI is InChI=1S/C15H23BO2/c1-12(2)11-15(5)14(3,4)17-16(18-15)13-9-7-6-8-10-13/h6-10,12H,11H2,1-5H3. The molecule has 0 radical (unpaired) electrons. The first kappa shape index (κ1) is 13.6. The monoisotopic (exact) mass is 246 g/mol. The summed E-state index contributed by atoms with van der Waals surface area (Å²) in [5, 5.41) is 0. The van der Waals surface area contributed by atoms with Crippen LogP contribution in [-0.2, 0) is 9.31 Å². The Hall–Kier alpha value is -0.795. The summed E-state index contributed by atoms with van der Waals surface area (Å²) in [4.78, 5) is 0. The quantitative estimate of drug-likeness (QED) is 0.763. The molecule has 1 atom stereocenters. The summed E-state index contributed by atoms with van der Waals surface area (Å²) in [5.74, 6) is 0.590. The van der Waals surface area contributed by atoms with Crippen LogP contribution in [0.3, 0.4) is 0 Å². The van der Waals surface area contributed by atoms with E-state index in [0.29, 0.717) is 5.92 Å². The van der Waals surface area contributed by atoms with Crippen LogP contribution in [-0.4, -0.2) is 18.3 Å². The second kappa shape index (κ2) is 4.71. The average Bonchev–Trinajstić information content (AvgIpc) is 2.50. The van der Waals surface area contributed by atoms with Crippen molar-refractivity contribution in [2.24, 2.45) is 5.92 Å². The molecule has 98 valence electrons. The Morgan fingerprint density at radius 3 is 2.22 bits per heavy atom. The van der Waals surface area contributed by atoms with Gasteiger partial charge in [0, 0.05) is 0 Å². The second-order valence-electron chi connectivity index (χ2n) is 6.32. The van der Waals surface area contributed by atoms with Crippen LogP contribution in [0.15, 0.2) is 30.3 Å². The lowest BCUT2D eigenvalue weighted by Gasteiger charge is -2.37. The van der Waals surface area contributed by atoms with Crippen molar-refractivity contribution in [1.82, 2.24) is 0 Å². The Balaban J connectivity index is 2.22. The van der Waals surface area contributed by atoms with Gasteiger partial charge in [0.2, 0.25) is 0 Å². The Morgan fingerprint density at radius 1 is 1.06 bits per heavy atom. The van der Waals surface area contributed by atoms with Gasteiger partial charge in [-0.1, -0.05) is 44.2 Å². The fourth-order valence-electron chi connectivity index (χ4n) is 2.61. The van der Waals surface area contributed by atoms with Crippen LogP contribution in [0.2, 0.25) is 0 Å². The highest BCUT2D eigenvalue weighted by atomic mass is 16.7. The highest BCUT2D eigenvalue weighted by Gasteiger charge is 2.54. The predicted molar refractivity (Wildman–Crippen MR) is 75.9 cm³/mol. The summed E-state index contributed by atoms with van der Waals surface area (Å²) in [6.45, 7) is 10.9. The van der Waals surface area contributed by atoms with Crippen molar-refractivity contribution >= 4 is 12.6 Å². The fourth-order valence-corrected chi connectivity index (χ4v) is 2.61. The molecule has 1 aromatic rings. The van der Waals surface area contributed by atoms with E-state index in [9.17, 15) is 0 Å². The molecule has 0 N–H and O–H groups in total. The highest BCUT2D eigenvalue weighted by molar-refractivity contribution is 6.62. The van der Waals surface area contributed by atoms with Gasteiger partial charge in [-0.15, -0.1) is 0 Å². The Bertz CT molecular complexity index is 402. The SMILES string of the molecule is CC(C)CC1(C)OB(c2ccccc2)OC1(C)C. The second-order valence-corrected chi connectivity index (χ2v) is 6.32. The van der Waals surface area contributed by atoms with Crippen LogP contribution in [0.1, 0.15) is 41.0 Å². The molecule has 1 heterocycles. The van der Waals surface area contributed by atoms with Gasteiger partial charge in [0.25, 0.3) is 0 Å². The smallest absolute Gasteiger partial charge is 0.399 e. The normalized spacial score (nSPS) is 26.9. The van der Waals surface area contributed by atoms with E-state index >= 15 is 0 Å². The minimum Gasteiger partial charge on any atom is -0.399 e. The Kier molecular flexibility index (Phi) is 3.57. The molecule has 0 amide bonds. The van der Waals surface area contributed by atoms with E-state index in [0.717, 1.165) is 11.9 Å². The van der Waals surface area contributed by atoms with Crippen molar-refractivity contribution in [3.8, 4) is 0 Å². The number of hydrogen-bond acceptors (Lipinski definition) is 2. The van der Waals surface area contributed by atoms with E-state index in [-0.39, 0.29) is 18.3 Å². The van der Waals surface area contributed by atoms with Gasteiger partial charge in [0.1, 0.15) is 0 Å². The van der Waals surface area contributed by atoms with Crippen LogP contribution in [0.25, 0.3) is 0 Å². The molecule has 3 heteroatoms. The summed E-state index contributed by atoms with van der Waals surface area (Å²) >= 11 is 0. The zero-order chi connectivity index (χ0) is 13.4. The number of benzene rings is 1. The Labute approximate surface area is 111 Å². The van der Waals surface area contributed by atoms with Crippen molar-refractivity contribution in [1.29, 1.82) is 0 Å². The number of hydrogen-bond donors (Lipinski definition) is 0. The van der Waals surface area contributed by atoms with Crippen molar-refractivity contribution in [3.63, 3.8) is 0 Å². The highest BCUT2D eigenvalue weighted by Crippen LogP contribution is 2.41. The molecule has 0 spiro atoms. The largest absolute Gasteiger partial charge is 0.494 e. The minimum atomic E-state index is -0.266. The molecule has 0 saturated carbocycles. The molecule has 1 aromatic carbocycles. The van der Waals surface area contributed by atoms with Crippen LogP contribution >= 0.6 is 0 Å². The average molecular weight is 246 g/mol.